The summed E-state index contributed by atoms with van der Waals surface area (Å²) < 4.78 is 11.1. The number of nitrogens with zero attached hydrogens (tertiary/aromatic N) is 1. The Hall–Kier alpha value is -1.74. The molecule has 0 saturated heterocycles. The molecule has 1 aromatic heterocycles. The normalized spacial score (nSPS) is 14.5. The molecule has 1 saturated carbocycles. The molecule has 0 spiro atoms. The number of methoxy groups -OCH3 is 2. The van der Waals surface area contributed by atoms with E-state index in [1.54, 1.807) is 20.4 Å². The second-order valence-corrected chi connectivity index (χ2v) is 5.84. The summed E-state index contributed by atoms with van der Waals surface area (Å²) in [5.74, 6) is 2.59. The third-order valence-electron chi connectivity index (χ3n) is 4.36. The summed E-state index contributed by atoms with van der Waals surface area (Å²) in [6.07, 6.45) is 5.48. The number of ether oxygens (including phenoxy) is 2. The lowest BCUT2D eigenvalue weighted by Gasteiger charge is -2.28. The van der Waals surface area contributed by atoms with Gasteiger partial charge in [-0.25, -0.2) is 0 Å². The maximum Gasteiger partial charge on any atom is 0.164 e. The molecule has 0 atom stereocenters. The van der Waals surface area contributed by atoms with Crippen molar-refractivity contribution < 1.29 is 9.47 Å². The van der Waals surface area contributed by atoms with Crippen LogP contribution in [0.15, 0.2) is 30.5 Å². The predicted molar refractivity (Wildman–Crippen MR) is 88.9 cm³/mol. The van der Waals surface area contributed by atoms with Crippen molar-refractivity contribution in [3.8, 4) is 22.8 Å². The number of alkyl halides is 1. The van der Waals surface area contributed by atoms with Crippen LogP contribution < -0.4 is 9.47 Å². The smallest absolute Gasteiger partial charge is 0.164 e. The van der Waals surface area contributed by atoms with Crippen molar-refractivity contribution >= 4 is 11.6 Å². The van der Waals surface area contributed by atoms with Crippen molar-refractivity contribution in [2.45, 2.75) is 31.1 Å². The first-order valence-corrected chi connectivity index (χ1v) is 8.08. The first-order chi connectivity index (χ1) is 10.8. The van der Waals surface area contributed by atoms with Crippen molar-refractivity contribution in [1.29, 1.82) is 0 Å². The Labute approximate surface area is 136 Å². The summed E-state index contributed by atoms with van der Waals surface area (Å²) >= 11 is 6.06. The average Bonchev–Trinajstić information content (AvgIpc) is 2.52. The molecule has 1 fully saturated rings. The van der Waals surface area contributed by atoms with E-state index in [0.29, 0.717) is 11.8 Å². The topological polar surface area (TPSA) is 31.4 Å². The summed E-state index contributed by atoms with van der Waals surface area (Å²) in [6.45, 7) is 0. The van der Waals surface area contributed by atoms with Crippen LogP contribution in [-0.4, -0.2) is 19.2 Å². The minimum atomic E-state index is 0.441. The fourth-order valence-electron chi connectivity index (χ4n) is 2.96. The molecule has 3 nitrogen and oxygen atoms in total. The van der Waals surface area contributed by atoms with E-state index in [9.17, 15) is 0 Å². The molecule has 0 aliphatic heterocycles. The van der Waals surface area contributed by atoms with Gasteiger partial charge in [0.05, 0.1) is 19.9 Å². The van der Waals surface area contributed by atoms with Crippen LogP contribution >= 0.6 is 11.6 Å². The van der Waals surface area contributed by atoms with E-state index in [-0.39, 0.29) is 0 Å². The van der Waals surface area contributed by atoms with Crippen LogP contribution in [-0.2, 0) is 5.88 Å². The van der Waals surface area contributed by atoms with E-state index >= 15 is 0 Å². The molecule has 22 heavy (non-hydrogen) atoms. The molecule has 0 unspecified atom stereocenters. The van der Waals surface area contributed by atoms with Gasteiger partial charge in [-0.05, 0) is 42.5 Å². The minimum Gasteiger partial charge on any atom is -0.493 e. The highest BCUT2D eigenvalue weighted by atomic mass is 35.5. The Balaban J connectivity index is 2.15. The third-order valence-corrected chi connectivity index (χ3v) is 4.65. The van der Waals surface area contributed by atoms with Gasteiger partial charge in [-0.15, -0.1) is 11.6 Å². The molecule has 0 amide bonds. The number of hydrogen-bond acceptors (Lipinski definition) is 3. The van der Waals surface area contributed by atoms with Gasteiger partial charge < -0.3 is 9.47 Å². The van der Waals surface area contributed by atoms with Crippen molar-refractivity contribution in [3.05, 3.63) is 41.6 Å². The molecule has 0 radical (unpaired) electrons. The monoisotopic (exact) mass is 317 g/mol. The number of hydrogen-bond donors (Lipinski definition) is 0. The first kappa shape index (κ1) is 15.2. The molecule has 1 aromatic carbocycles. The van der Waals surface area contributed by atoms with Crippen molar-refractivity contribution in [1.82, 2.24) is 4.98 Å². The Morgan fingerprint density at radius 2 is 2.05 bits per heavy atom. The van der Waals surface area contributed by atoms with Crippen LogP contribution in [0, 0.1) is 0 Å². The van der Waals surface area contributed by atoms with Gasteiger partial charge in [-0.2, -0.15) is 0 Å². The standard InChI is InChI=1S/C18H20ClNO2/c1-21-16-10-14(17-13(11-19)7-4-8-20-17)9-15(18(16)22-2)12-5-3-6-12/h4,7-10,12H,3,5-6,11H2,1-2H3. The van der Waals surface area contributed by atoms with Crippen molar-refractivity contribution in [2.24, 2.45) is 0 Å². The van der Waals surface area contributed by atoms with Crippen LogP contribution in [0.2, 0.25) is 0 Å². The number of halogens is 1. The highest BCUT2D eigenvalue weighted by Gasteiger charge is 2.26. The molecular formula is C18H20ClNO2. The quantitative estimate of drug-likeness (QED) is 0.744. The molecule has 4 heteroatoms. The maximum absolute atomic E-state index is 6.06. The number of pyridine rings is 1. The minimum absolute atomic E-state index is 0.441. The Morgan fingerprint density at radius 3 is 2.64 bits per heavy atom. The van der Waals surface area contributed by atoms with E-state index in [2.05, 4.69) is 11.1 Å². The van der Waals surface area contributed by atoms with E-state index < -0.39 is 0 Å². The Kier molecular flexibility index (Phi) is 4.53. The Bertz CT molecular complexity index is 668. The lowest BCUT2D eigenvalue weighted by Crippen LogP contribution is -2.11. The van der Waals surface area contributed by atoms with Gasteiger partial charge in [-0.1, -0.05) is 12.5 Å². The second kappa shape index (κ2) is 6.57. The van der Waals surface area contributed by atoms with Crippen LogP contribution in [0.5, 0.6) is 11.5 Å². The lowest BCUT2D eigenvalue weighted by atomic mass is 9.79. The highest BCUT2D eigenvalue weighted by Crippen LogP contribution is 2.46. The number of aromatic nitrogens is 1. The molecular weight excluding hydrogens is 298 g/mol. The van der Waals surface area contributed by atoms with Crippen LogP contribution in [0.25, 0.3) is 11.3 Å². The second-order valence-electron chi connectivity index (χ2n) is 5.57. The summed E-state index contributed by atoms with van der Waals surface area (Å²) in [4.78, 5) is 4.51. The zero-order chi connectivity index (χ0) is 15.5. The zero-order valence-corrected chi connectivity index (χ0v) is 13.7. The summed E-state index contributed by atoms with van der Waals surface area (Å²) in [5, 5.41) is 0. The van der Waals surface area contributed by atoms with Gasteiger partial charge in [0.2, 0.25) is 0 Å². The van der Waals surface area contributed by atoms with Crippen molar-refractivity contribution in [3.63, 3.8) is 0 Å². The van der Waals surface area contributed by atoms with E-state index in [4.69, 9.17) is 21.1 Å². The van der Waals surface area contributed by atoms with Gasteiger partial charge >= 0.3 is 0 Å². The molecule has 1 heterocycles. The van der Waals surface area contributed by atoms with E-state index in [0.717, 1.165) is 28.3 Å². The maximum atomic E-state index is 6.06. The van der Waals surface area contributed by atoms with Gasteiger partial charge in [-0.3, -0.25) is 4.98 Å². The van der Waals surface area contributed by atoms with Gasteiger partial charge in [0, 0.05) is 23.2 Å². The van der Waals surface area contributed by atoms with Crippen LogP contribution in [0.3, 0.4) is 0 Å². The summed E-state index contributed by atoms with van der Waals surface area (Å²) in [7, 11) is 3.37. The van der Waals surface area contributed by atoms with E-state index in [1.165, 1.54) is 24.8 Å². The molecule has 1 aliphatic rings. The van der Waals surface area contributed by atoms with Crippen LogP contribution in [0.4, 0.5) is 0 Å². The average molecular weight is 318 g/mol. The fourth-order valence-corrected chi connectivity index (χ4v) is 3.18. The SMILES string of the molecule is COc1cc(-c2ncccc2CCl)cc(C2CCC2)c1OC. The van der Waals surface area contributed by atoms with Crippen molar-refractivity contribution in [2.75, 3.05) is 14.2 Å². The molecule has 0 N–H and O–H groups in total. The highest BCUT2D eigenvalue weighted by molar-refractivity contribution is 6.17. The summed E-state index contributed by atoms with van der Waals surface area (Å²) in [5.41, 5.74) is 4.19. The molecule has 116 valence electrons. The first-order valence-electron chi connectivity index (χ1n) is 7.54. The van der Waals surface area contributed by atoms with Crippen LogP contribution in [0.1, 0.15) is 36.3 Å². The molecule has 0 bridgehead atoms. The number of rotatable bonds is 5. The Morgan fingerprint density at radius 1 is 1.23 bits per heavy atom. The molecule has 1 aliphatic carbocycles. The fraction of sp³-hybridized carbons (Fsp3) is 0.389. The summed E-state index contributed by atoms with van der Waals surface area (Å²) in [6, 6.07) is 8.09. The third kappa shape index (κ3) is 2.66. The number of benzene rings is 1. The van der Waals surface area contributed by atoms with E-state index in [1.807, 2.05) is 18.2 Å². The van der Waals surface area contributed by atoms with Gasteiger partial charge in [0.25, 0.3) is 0 Å². The molecule has 2 aromatic rings. The largest absolute Gasteiger partial charge is 0.493 e. The van der Waals surface area contributed by atoms with Gasteiger partial charge in [0.15, 0.2) is 11.5 Å². The zero-order valence-electron chi connectivity index (χ0n) is 12.9. The molecule has 3 rings (SSSR count). The predicted octanol–water partition coefficient (Wildman–Crippen LogP) is 4.77. The lowest BCUT2D eigenvalue weighted by molar-refractivity contribution is 0.337. The van der Waals surface area contributed by atoms with Gasteiger partial charge in [0.1, 0.15) is 0 Å².